The summed E-state index contributed by atoms with van der Waals surface area (Å²) in [7, 11) is 0. The van der Waals surface area contributed by atoms with Gasteiger partial charge < -0.3 is 5.32 Å². The van der Waals surface area contributed by atoms with Crippen molar-refractivity contribution in [3.05, 3.63) is 35.3 Å². The highest BCUT2D eigenvalue weighted by Gasteiger charge is 2.08. The third-order valence-electron chi connectivity index (χ3n) is 2.96. The average Bonchev–Trinajstić information content (AvgIpc) is 2.87. The zero-order valence-corrected chi connectivity index (χ0v) is 13.3. The molecule has 4 heteroatoms. The molecule has 1 atom stereocenters. The predicted molar refractivity (Wildman–Crippen MR) is 86.2 cm³/mol. The molecule has 0 aliphatic heterocycles. The molecule has 1 unspecified atom stereocenters. The van der Waals surface area contributed by atoms with E-state index in [0.717, 1.165) is 18.0 Å². The lowest BCUT2D eigenvalue weighted by atomic mass is 10.2. The molecule has 0 radical (unpaired) electrons. The summed E-state index contributed by atoms with van der Waals surface area (Å²) in [5.41, 5.74) is 2.40. The fourth-order valence-electron chi connectivity index (χ4n) is 2.00. The van der Waals surface area contributed by atoms with Gasteiger partial charge in [-0.05, 0) is 31.9 Å². The average molecular weight is 292 g/mol. The van der Waals surface area contributed by atoms with Crippen LogP contribution in [0.1, 0.15) is 19.5 Å². The lowest BCUT2D eigenvalue weighted by Crippen LogP contribution is -2.27. The largest absolute Gasteiger partial charge is 0.314 e. The van der Waals surface area contributed by atoms with Crippen molar-refractivity contribution in [2.24, 2.45) is 0 Å². The second kappa shape index (κ2) is 7.08. The number of nitrogens with one attached hydrogen (secondary N) is 1. The van der Waals surface area contributed by atoms with Gasteiger partial charge in [0.05, 0.1) is 5.69 Å². The minimum Gasteiger partial charge on any atom is -0.314 e. The van der Waals surface area contributed by atoms with Crippen LogP contribution < -0.4 is 5.32 Å². The van der Waals surface area contributed by atoms with Crippen LogP contribution in [0.25, 0.3) is 10.6 Å². The number of nitrogens with zero attached hydrogens (tertiary/aromatic N) is 1. The molecule has 0 bridgehead atoms. The van der Waals surface area contributed by atoms with Crippen molar-refractivity contribution in [3.63, 3.8) is 0 Å². The van der Waals surface area contributed by atoms with Crippen LogP contribution >= 0.6 is 23.1 Å². The van der Waals surface area contributed by atoms with Gasteiger partial charge in [-0.2, -0.15) is 0 Å². The maximum Gasteiger partial charge on any atom is 0.123 e. The minimum atomic E-state index is 0.485. The van der Waals surface area contributed by atoms with E-state index >= 15 is 0 Å². The van der Waals surface area contributed by atoms with E-state index in [9.17, 15) is 0 Å². The lowest BCUT2D eigenvalue weighted by molar-refractivity contribution is 0.561. The number of benzene rings is 1. The van der Waals surface area contributed by atoms with Crippen molar-refractivity contribution in [2.75, 3.05) is 12.8 Å². The number of likely N-dealkylation sites (N-methyl/N-ethyl adjacent to an activating group) is 1. The maximum atomic E-state index is 4.73. The molecule has 0 aliphatic carbocycles. The summed E-state index contributed by atoms with van der Waals surface area (Å²) >= 11 is 3.50. The van der Waals surface area contributed by atoms with Crippen molar-refractivity contribution in [1.29, 1.82) is 0 Å². The molecule has 0 saturated heterocycles. The number of hydrogen-bond acceptors (Lipinski definition) is 4. The van der Waals surface area contributed by atoms with E-state index in [1.54, 1.807) is 23.1 Å². The Morgan fingerprint density at radius 1 is 1.32 bits per heavy atom. The van der Waals surface area contributed by atoms with E-state index in [4.69, 9.17) is 4.98 Å². The first-order valence-corrected chi connectivity index (χ1v) is 8.65. The van der Waals surface area contributed by atoms with Gasteiger partial charge in [-0.25, -0.2) is 4.98 Å². The van der Waals surface area contributed by atoms with Crippen molar-refractivity contribution in [3.8, 4) is 10.6 Å². The quantitative estimate of drug-likeness (QED) is 0.812. The molecule has 2 aromatic rings. The van der Waals surface area contributed by atoms with Gasteiger partial charge in [-0.1, -0.05) is 19.1 Å². The van der Waals surface area contributed by atoms with Crippen LogP contribution in [0.4, 0.5) is 0 Å². The molecule has 1 aromatic heterocycles. The van der Waals surface area contributed by atoms with Crippen LogP contribution in [0.2, 0.25) is 0 Å². The first-order chi connectivity index (χ1) is 9.22. The Morgan fingerprint density at radius 2 is 2.05 bits per heavy atom. The first-order valence-electron chi connectivity index (χ1n) is 6.55. The van der Waals surface area contributed by atoms with Crippen LogP contribution in [0.5, 0.6) is 0 Å². The molecule has 0 aliphatic rings. The van der Waals surface area contributed by atoms with E-state index < -0.39 is 0 Å². The van der Waals surface area contributed by atoms with Gasteiger partial charge in [0.1, 0.15) is 5.01 Å². The number of thiazole rings is 1. The normalized spacial score (nSPS) is 12.6. The summed E-state index contributed by atoms with van der Waals surface area (Å²) in [5, 5.41) is 6.71. The molecule has 1 aromatic carbocycles. The number of thioether (sulfide) groups is 1. The molecule has 1 N–H and O–H groups in total. The second-order valence-electron chi connectivity index (χ2n) is 4.54. The Balaban J connectivity index is 2.07. The molecular weight excluding hydrogens is 272 g/mol. The van der Waals surface area contributed by atoms with E-state index in [0.29, 0.717) is 6.04 Å². The van der Waals surface area contributed by atoms with Crippen LogP contribution in [-0.2, 0) is 6.42 Å². The van der Waals surface area contributed by atoms with Crippen LogP contribution in [0, 0.1) is 0 Å². The highest BCUT2D eigenvalue weighted by Crippen LogP contribution is 2.26. The molecule has 19 heavy (non-hydrogen) atoms. The van der Waals surface area contributed by atoms with E-state index in [1.807, 2.05) is 0 Å². The summed E-state index contributed by atoms with van der Waals surface area (Å²) in [6, 6.07) is 9.11. The number of hydrogen-bond donors (Lipinski definition) is 1. The summed E-state index contributed by atoms with van der Waals surface area (Å²) < 4.78 is 0. The molecule has 0 spiro atoms. The van der Waals surface area contributed by atoms with Crippen molar-refractivity contribution >= 4 is 23.1 Å². The molecule has 0 fully saturated rings. The van der Waals surface area contributed by atoms with Gasteiger partial charge in [-0.3, -0.25) is 0 Å². The van der Waals surface area contributed by atoms with E-state index in [2.05, 4.69) is 55.1 Å². The zero-order valence-electron chi connectivity index (χ0n) is 11.6. The fourth-order valence-corrected chi connectivity index (χ4v) is 3.25. The number of aromatic nitrogens is 1. The third-order valence-corrected chi connectivity index (χ3v) is 4.64. The molecular formula is C15H20N2S2. The smallest absolute Gasteiger partial charge is 0.123 e. The molecule has 2 nitrogen and oxygen atoms in total. The second-order valence-corrected chi connectivity index (χ2v) is 6.27. The molecule has 0 amide bonds. The van der Waals surface area contributed by atoms with Gasteiger partial charge in [0.15, 0.2) is 0 Å². The number of rotatable bonds is 6. The Morgan fingerprint density at radius 3 is 2.68 bits per heavy atom. The predicted octanol–water partition coefficient (Wildman–Crippen LogP) is 4.07. The summed E-state index contributed by atoms with van der Waals surface area (Å²) in [6.45, 7) is 5.35. The van der Waals surface area contributed by atoms with Crippen molar-refractivity contribution in [1.82, 2.24) is 10.3 Å². The Hall–Kier alpha value is -0.840. The van der Waals surface area contributed by atoms with Crippen molar-refractivity contribution < 1.29 is 0 Å². The Kier molecular flexibility index (Phi) is 5.43. The van der Waals surface area contributed by atoms with Crippen molar-refractivity contribution in [2.45, 2.75) is 31.2 Å². The van der Waals surface area contributed by atoms with Gasteiger partial charge in [0, 0.05) is 28.3 Å². The lowest BCUT2D eigenvalue weighted by Gasteiger charge is -2.09. The van der Waals surface area contributed by atoms with Crippen LogP contribution in [0.15, 0.2) is 34.5 Å². The topological polar surface area (TPSA) is 24.9 Å². The monoisotopic (exact) mass is 292 g/mol. The molecule has 102 valence electrons. The molecule has 1 heterocycles. The molecule has 2 rings (SSSR count). The van der Waals surface area contributed by atoms with Gasteiger partial charge >= 0.3 is 0 Å². The van der Waals surface area contributed by atoms with Crippen LogP contribution in [-0.4, -0.2) is 23.8 Å². The standard InChI is InChI=1S/C15H20N2S2/c1-4-16-11(2)9-13-10-19-15(17-13)12-5-7-14(18-3)8-6-12/h5-8,10-11,16H,4,9H2,1-3H3. The third kappa shape index (κ3) is 4.06. The summed E-state index contributed by atoms with van der Waals surface area (Å²) in [6.07, 6.45) is 3.09. The van der Waals surface area contributed by atoms with Gasteiger partial charge in [0.2, 0.25) is 0 Å². The SMILES string of the molecule is CCNC(C)Cc1csc(-c2ccc(SC)cc2)n1. The van der Waals surface area contributed by atoms with Gasteiger partial charge in [-0.15, -0.1) is 23.1 Å². The minimum absolute atomic E-state index is 0.485. The van der Waals surface area contributed by atoms with E-state index in [1.165, 1.54) is 16.2 Å². The van der Waals surface area contributed by atoms with Gasteiger partial charge in [0.25, 0.3) is 0 Å². The zero-order chi connectivity index (χ0) is 13.7. The Bertz CT molecular complexity index is 505. The summed E-state index contributed by atoms with van der Waals surface area (Å²) in [4.78, 5) is 6.02. The van der Waals surface area contributed by atoms with Crippen LogP contribution in [0.3, 0.4) is 0 Å². The summed E-state index contributed by atoms with van der Waals surface area (Å²) in [5.74, 6) is 0. The Labute approximate surface area is 123 Å². The molecule has 0 saturated carbocycles. The highest BCUT2D eigenvalue weighted by molar-refractivity contribution is 7.98. The fraction of sp³-hybridized carbons (Fsp3) is 0.400. The maximum absolute atomic E-state index is 4.73. The first kappa shape index (κ1) is 14.6. The van der Waals surface area contributed by atoms with E-state index in [-0.39, 0.29) is 0 Å². The highest BCUT2D eigenvalue weighted by atomic mass is 32.2.